The van der Waals surface area contributed by atoms with Gasteiger partial charge in [-0.15, -0.1) is 0 Å². The summed E-state index contributed by atoms with van der Waals surface area (Å²) < 4.78 is 6.30. The number of carbonyl (C=O) groups excluding carboxylic acids is 1. The van der Waals surface area contributed by atoms with Crippen molar-refractivity contribution in [2.75, 3.05) is 7.11 Å². The van der Waals surface area contributed by atoms with Crippen LogP contribution in [0.1, 0.15) is 11.7 Å². The molecule has 0 saturated carbocycles. The van der Waals surface area contributed by atoms with E-state index in [1.54, 1.807) is 24.5 Å². The summed E-state index contributed by atoms with van der Waals surface area (Å²) in [5.74, 6) is -0.665. The minimum absolute atomic E-state index is 0.503. The van der Waals surface area contributed by atoms with Crippen LogP contribution in [0.3, 0.4) is 0 Å². The summed E-state index contributed by atoms with van der Waals surface area (Å²) in [6.07, 6.45) is 0.434. The fourth-order valence-electron chi connectivity index (χ4n) is 1.56. The number of carbonyl (C=O) groups is 1. The van der Waals surface area contributed by atoms with Crippen LogP contribution in [0.2, 0.25) is 0 Å². The number of hydrogen-bond acceptors (Lipinski definition) is 4. The van der Waals surface area contributed by atoms with Crippen LogP contribution in [0.5, 0.6) is 0 Å². The molecule has 1 aromatic heterocycles. The lowest BCUT2D eigenvalue weighted by molar-refractivity contribution is -0.150. The first-order valence-corrected chi connectivity index (χ1v) is 4.80. The van der Waals surface area contributed by atoms with Gasteiger partial charge in [0.05, 0.1) is 24.5 Å². The Morgan fingerprint density at radius 1 is 1.56 bits per heavy atom. The monoisotopic (exact) mass is 220 g/mol. The number of aliphatic hydroxyl groups is 1. The minimum atomic E-state index is -1.25. The predicted octanol–water partition coefficient (Wildman–Crippen LogP) is 0.780. The Hall–Kier alpha value is -1.88. The van der Waals surface area contributed by atoms with Crippen molar-refractivity contribution in [1.82, 2.24) is 9.55 Å². The van der Waals surface area contributed by atoms with Gasteiger partial charge in [0.25, 0.3) is 0 Å². The van der Waals surface area contributed by atoms with E-state index in [-0.39, 0.29) is 0 Å². The van der Waals surface area contributed by atoms with Crippen molar-refractivity contribution in [3.8, 4) is 0 Å². The highest BCUT2D eigenvalue weighted by Crippen LogP contribution is 2.20. The number of benzene rings is 1. The molecule has 5 nitrogen and oxygen atoms in total. The van der Waals surface area contributed by atoms with E-state index in [1.807, 2.05) is 11.6 Å². The molecule has 0 aliphatic carbocycles. The summed E-state index contributed by atoms with van der Waals surface area (Å²) >= 11 is 0. The maximum atomic E-state index is 11.2. The van der Waals surface area contributed by atoms with Crippen molar-refractivity contribution in [2.45, 2.75) is 6.10 Å². The van der Waals surface area contributed by atoms with Crippen molar-refractivity contribution in [3.05, 3.63) is 30.1 Å². The van der Waals surface area contributed by atoms with Crippen LogP contribution >= 0.6 is 0 Å². The molecule has 2 aromatic rings. The third kappa shape index (κ3) is 1.65. The van der Waals surface area contributed by atoms with Gasteiger partial charge in [-0.3, -0.25) is 0 Å². The molecule has 0 aliphatic rings. The number of imidazole rings is 1. The molecule has 16 heavy (non-hydrogen) atoms. The quantitative estimate of drug-likeness (QED) is 0.759. The largest absolute Gasteiger partial charge is 0.467 e. The molecule has 0 bridgehead atoms. The molecule has 5 heteroatoms. The topological polar surface area (TPSA) is 64.3 Å². The number of fused-ring (bicyclic) bond motifs is 1. The third-order valence-corrected chi connectivity index (χ3v) is 2.49. The van der Waals surface area contributed by atoms with Crippen LogP contribution in [-0.2, 0) is 16.6 Å². The van der Waals surface area contributed by atoms with Crippen LogP contribution in [0.15, 0.2) is 24.5 Å². The van der Waals surface area contributed by atoms with Crippen molar-refractivity contribution in [1.29, 1.82) is 0 Å². The van der Waals surface area contributed by atoms with Crippen LogP contribution in [-0.4, -0.2) is 27.7 Å². The second-order valence-electron chi connectivity index (χ2n) is 3.53. The number of methoxy groups -OCH3 is 1. The van der Waals surface area contributed by atoms with E-state index in [1.165, 1.54) is 7.11 Å². The van der Waals surface area contributed by atoms with Crippen LogP contribution < -0.4 is 0 Å². The van der Waals surface area contributed by atoms with Gasteiger partial charge in [-0.2, -0.15) is 0 Å². The first kappa shape index (κ1) is 10.6. The Kier molecular flexibility index (Phi) is 2.62. The molecule has 0 fully saturated rings. The molecule has 1 unspecified atom stereocenters. The fraction of sp³-hybridized carbons (Fsp3) is 0.273. The predicted molar refractivity (Wildman–Crippen MR) is 57.7 cm³/mol. The Balaban J connectivity index is 2.45. The standard InChI is InChI=1S/C11H12N2O3/c1-13-6-12-8-4-3-7(5-9(8)13)10(14)11(15)16-2/h3-6,10,14H,1-2H3. The lowest BCUT2D eigenvalue weighted by Crippen LogP contribution is -2.13. The van der Waals surface area contributed by atoms with Gasteiger partial charge in [-0.25, -0.2) is 9.78 Å². The summed E-state index contributed by atoms with van der Waals surface area (Å²) in [6, 6.07) is 5.15. The highest BCUT2D eigenvalue weighted by Gasteiger charge is 2.18. The van der Waals surface area contributed by atoms with E-state index in [9.17, 15) is 9.90 Å². The molecule has 1 aromatic carbocycles. The zero-order valence-electron chi connectivity index (χ0n) is 9.04. The van der Waals surface area contributed by atoms with Crippen molar-refractivity contribution in [2.24, 2.45) is 7.05 Å². The van der Waals surface area contributed by atoms with Gasteiger partial charge in [0.2, 0.25) is 0 Å². The van der Waals surface area contributed by atoms with Gasteiger partial charge in [-0.05, 0) is 17.7 Å². The molecule has 1 N–H and O–H groups in total. The van der Waals surface area contributed by atoms with Crippen LogP contribution in [0.4, 0.5) is 0 Å². The van der Waals surface area contributed by atoms with E-state index < -0.39 is 12.1 Å². The maximum absolute atomic E-state index is 11.2. The first-order chi connectivity index (χ1) is 7.63. The lowest BCUT2D eigenvalue weighted by Gasteiger charge is -2.08. The summed E-state index contributed by atoms with van der Waals surface area (Å²) in [6.45, 7) is 0. The van der Waals surface area contributed by atoms with Gasteiger partial charge >= 0.3 is 5.97 Å². The van der Waals surface area contributed by atoms with E-state index in [2.05, 4.69) is 9.72 Å². The van der Waals surface area contributed by atoms with Gasteiger partial charge in [0.15, 0.2) is 6.10 Å². The fourth-order valence-corrected chi connectivity index (χ4v) is 1.56. The number of esters is 1. The molecular weight excluding hydrogens is 208 g/mol. The molecule has 0 radical (unpaired) electrons. The minimum Gasteiger partial charge on any atom is -0.467 e. The summed E-state index contributed by atoms with van der Waals surface area (Å²) in [5, 5.41) is 9.67. The van der Waals surface area contributed by atoms with Crippen molar-refractivity contribution < 1.29 is 14.6 Å². The highest BCUT2D eigenvalue weighted by atomic mass is 16.5. The average Bonchev–Trinajstić information content (AvgIpc) is 2.68. The Morgan fingerprint density at radius 2 is 2.31 bits per heavy atom. The third-order valence-electron chi connectivity index (χ3n) is 2.49. The molecule has 1 heterocycles. The average molecular weight is 220 g/mol. The van der Waals surface area contributed by atoms with Gasteiger partial charge < -0.3 is 14.4 Å². The van der Waals surface area contributed by atoms with Gasteiger partial charge in [0, 0.05) is 7.05 Å². The van der Waals surface area contributed by atoms with Crippen molar-refractivity contribution in [3.63, 3.8) is 0 Å². The van der Waals surface area contributed by atoms with E-state index in [0.717, 1.165) is 11.0 Å². The number of aromatic nitrogens is 2. The Bertz CT molecular complexity index is 533. The van der Waals surface area contributed by atoms with E-state index in [0.29, 0.717) is 5.56 Å². The first-order valence-electron chi connectivity index (χ1n) is 4.80. The number of aliphatic hydroxyl groups excluding tert-OH is 1. The van der Waals surface area contributed by atoms with Crippen LogP contribution in [0.25, 0.3) is 11.0 Å². The molecule has 1 atom stereocenters. The van der Waals surface area contributed by atoms with Crippen LogP contribution in [0, 0.1) is 0 Å². The summed E-state index contributed by atoms with van der Waals surface area (Å²) in [4.78, 5) is 15.3. The van der Waals surface area contributed by atoms with E-state index >= 15 is 0 Å². The molecule has 0 amide bonds. The molecule has 84 valence electrons. The molecule has 0 saturated heterocycles. The zero-order valence-corrected chi connectivity index (χ0v) is 9.04. The number of ether oxygens (including phenoxy) is 1. The molecule has 2 rings (SSSR count). The maximum Gasteiger partial charge on any atom is 0.339 e. The lowest BCUT2D eigenvalue weighted by atomic mass is 10.1. The normalized spacial score (nSPS) is 12.7. The molecule has 0 aliphatic heterocycles. The second-order valence-corrected chi connectivity index (χ2v) is 3.53. The Morgan fingerprint density at radius 3 is 3.00 bits per heavy atom. The van der Waals surface area contributed by atoms with Gasteiger partial charge in [-0.1, -0.05) is 6.07 Å². The number of rotatable bonds is 2. The van der Waals surface area contributed by atoms with Crippen molar-refractivity contribution >= 4 is 17.0 Å². The summed E-state index contributed by atoms with van der Waals surface area (Å²) in [5.41, 5.74) is 2.19. The number of hydrogen-bond donors (Lipinski definition) is 1. The highest BCUT2D eigenvalue weighted by molar-refractivity contribution is 5.80. The number of nitrogens with zero attached hydrogens (tertiary/aromatic N) is 2. The smallest absolute Gasteiger partial charge is 0.339 e. The summed E-state index contributed by atoms with van der Waals surface area (Å²) in [7, 11) is 3.10. The molecular formula is C11H12N2O3. The SMILES string of the molecule is COC(=O)C(O)c1ccc2ncn(C)c2c1. The van der Waals surface area contributed by atoms with Gasteiger partial charge in [0.1, 0.15) is 0 Å². The van der Waals surface area contributed by atoms with E-state index in [4.69, 9.17) is 0 Å². The molecule has 0 spiro atoms. The second kappa shape index (κ2) is 3.94. The Labute approximate surface area is 92.3 Å². The zero-order chi connectivity index (χ0) is 11.7. The number of aryl methyl sites for hydroxylation is 1.